The lowest BCUT2D eigenvalue weighted by atomic mass is 9.88. The van der Waals surface area contributed by atoms with Crippen LogP contribution in [0.4, 0.5) is 0 Å². The summed E-state index contributed by atoms with van der Waals surface area (Å²) in [5.41, 5.74) is 1.34. The van der Waals surface area contributed by atoms with E-state index in [1.54, 1.807) is 7.11 Å². The lowest BCUT2D eigenvalue weighted by Crippen LogP contribution is -2.37. The molecule has 96 valence electrons. The Morgan fingerprint density at radius 3 is 2.53 bits per heavy atom. The lowest BCUT2D eigenvalue weighted by molar-refractivity contribution is 0.283. The summed E-state index contributed by atoms with van der Waals surface area (Å²) < 4.78 is 5.32. The molecule has 0 spiro atoms. The van der Waals surface area contributed by atoms with Crippen LogP contribution in [0.25, 0.3) is 0 Å². The molecule has 0 radical (unpaired) electrons. The van der Waals surface area contributed by atoms with Gasteiger partial charge in [-0.15, -0.1) is 0 Å². The molecule has 0 bridgehead atoms. The molecule has 1 unspecified atom stereocenters. The fourth-order valence-corrected chi connectivity index (χ4v) is 1.65. The third kappa shape index (κ3) is 4.21. The van der Waals surface area contributed by atoms with E-state index in [-0.39, 0.29) is 5.41 Å². The van der Waals surface area contributed by atoms with Gasteiger partial charge in [-0.2, -0.15) is 0 Å². The lowest BCUT2D eigenvalue weighted by Gasteiger charge is -2.28. The van der Waals surface area contributed by atoms with Gasteiger partial charge in [-0.05, 0) is 30.5 Å². The second-order valence-electron chi connectivity index (χ2n) is 5.42. The molecule has 0 fully saturated rings. The van der Waals surface area contributed by atoms with Crippen LogP contribution in [-0.4, -0.2) is 13.2 Å². The number of benzene rings is 1. The Morgan fingerprint density at radius 2 is 2.00 bits per heavy atom. The van der Waals surface area contributed by atoms with E-state index in [9.17, 15) is 0 Å². The summed E-state index contributed by atoms with van der Waals surface area (Å²) in [6.45, 7) is 9.62. The van der Waals surface area contributed by atoms with Crippen LogP contribution < -0.4 is 10.1 Å². The van der Waals surface area contributed by atoms with Crippen LogP contribution in [0.2, 0.25) is 5.02 Å². The summed E-state index contributed by atoms with van der Waals surface area (Å²) in [6.07, 6.45) is 0. The molecule has 1 aromatic carbocycles. The zero-order valence-electron chi connectivity index (χ0n) is 11.3. The third-order valence-corrected chi connectivity index (χ3v) is 3.38. The van der Waals surface area contributed by atoms with Crippen molar-refractivity contribution in [3.05, 3.63) is 28.8 Å². The van der Waals surface area contributed by atoms with Gasteiger partial charge in [0.2, 0.25) is 0 Å². The molecule has 17 heavy (non-hydrogen) atoms. The van der Waals surface area contributed by atoms with Crippen LogP contribution in [0.5, 0.6) is 5.75 Å². The summed E-state index contributed by atoms with van der Waals surface area (Å²) in [5.74, 6) is 0.878. The van der Waals surface area contributed by atoms with Crippen molar-refractivity contribution in [1.82, 2.24) is 5.32 Å². The minimum atomic E-state index is 0.242. The van der Waals surface area contributed by atoms with Gasteiger partial charge in [0, 0.05) is 23.2 Å². The molecule has 0 aliphatic heterocycles. The normalized spacial score (nSPS) is 13.5. The summed E-state index contributed by atoms with van der Waals surface area (Å²) in [5, 5.41) is 4.24. The van der Waals surface area contributed by atoms with Crippen molar-refractivity contribution in [2.75, 3.05) is 7.11 Å². The van der Waals surface area contributed by atoms with Gasteiger partial charge in [-0.3, -0.25) is 0 Å². The summed E-state index contributed by atoms with van der Waals surface area (Å²) in [4.78, 5) is 0. The number of methoxy groups -OCH3 is 1. The maximum absolute atomic E-state index is 6.00. The third-order valence-electron chi connectivity index (χ3n) is 3.14. The molecule has 0 saturated carbocycles. The molecule has 3 heteroatoms. The fraction of sp³-hybridized carbons (Fsp3) is 0.571. The van der Waals surface area contributed by atoms with E-state index in [0.29, 0.717) is 6.04 Å². The first-order valence-electron chi connectivity index (χ1n) is 5.90. The number of nitrogens with one attached hydrogen (secondary N) is 1. The van der Waals surface area contributed by atoms with Crippen LogP contribution in [-0.2, 0) is 6.54 Å². The van der Waals surface area contributed by atoms with Crippen LogP contribution in [0.15, 0.2) is 18.2 Å². The highest BCUT2D eigenvalue weighted by Crippen LogP contribution is 2.24. The Morgan fingerprint density at radius 1 is 1.35 bits per heavy atom. The molecule has 0 heterocycles. The first-order chi connectivity index (χ1) is 7.84. The van der Waals surface area contributed by atoms with Gasteiger partial charge in [-0.1, -0.05) is 32.4 Å². The average Bonchev–Trinajstić information content (AvgIpc) is 2.24. The maximum atomic E-state index is 6.00. The van der Waals surface area contributed by atoms with Gasteiger partial charge in [0.1, 0.15) is 5.75 Å². The Labute approximate surface area is 109 Å². The second kappa shape index (κ2) is 5.74. The zero-order valence-corrected chi connectivity index (χ0v) is 12.1. The fourth-order valence-electron chi connectivity index (χ4n) is 1.45. The Kier molecular flexibility index (Phi) is 4.84. The summed E-state index contributed by atoms with van der Waals surface area (Å²) in [7, 11) is 1.68. The van der Waals surface area contributed by atoms with E-state index in [1.165, 1.54) is 0 Å². The van der Waals surface area contributed by atoms with Crippen LogP contribution >= 0.6 is 11.6 Å². The van der Waals surface area contributed by atoms with E-state index < -0.39 is 0 Å². The molecule has 0 amide bonds. The predicted octanol–water partition coefficient (Wildman–Crippen LogP) is 3.87. The van der Waals surface area contributed by atoms with Gasteiger partial charge in [0.05, 0.1) is 7.11 Å². The quantitative estimate of drug-likeness (QED) is 0.882. The molecule has 0 aliphatic carbocycles. The number of halogens is 1. The zero-order chi connectivity index (χ0) is 13.1. The van der Waals surface area contributed by atoms with E-state index in [4.69, 9.17) is 16.3 Å². The van der Waals surface area contributed by atoms with Crippen LogP contribution in [0.1, 0.15) is 33.3 Å². The largest absolute Gasteiger partial charge is 0.496 e. The smallest absolute Gasteiger partial charge is 0.123 e. The molecule has 0 saturated heterocycles. The molecule has 1 atom stereocenters. The van der Waals surface area contributed by atoms with Gasteiger partial charge in [0.25, 0.3) is 0 Å². The van der Waals surface area contributed by atoms with E-state index in [1.807, 2.05) is 18.2 Å². The second-order valence-corrected chi connectivity index (χ2v) is 5.86. The average molecular weight is 256 g/mol. The first kappa shape index (κ1) is 14.3. The molecular weight excluding hydrogens is 234 g/mol. The van der Waals surface area contributed by atoms with Crippen molar-refractivity contribution in [2.24, 2.45) is 5.41 Å². The number of ether oxygens (including phenoxy) is 1. The highest BCUT2D eigenvalue weighted by molar-refractivity contribution is 6.30. The van der Waals surface area contributed by atoms with Crippen LogP contribution in [0.3, 0.4) is 0 Å². The van der Waals surface area contributed by atoms with E-state index >= 15 is 0 Å². The van der Waals surface area contributed by atoms with Gasteiger partial charge in [-0.25, -0.2) is 0 Å². The predicted molar refractivity (Wildman–Crippen MR) is 73.8 cm³/mol. The number of hydrogen-bond donors (Lipinski definition) is 1. The Hall–Kier alpha value is -0.730. The monoisotopic (exact) mass is 255 g/mol. The first-order valence-corrected chi connectivity index (χ1v) is 6.28. The molecule has 1 N–H and O–H groups in total. The number of rotatable bonds is 4. The summed E-state index contributed by atoms with van der Waals surface area (Å²) >= 11 is 6.00. The van der Waals surface area contributed by atoms with Gasteiger partial charge >= 0.3 is 0 Å². The molecule has 0 aromatic heterocycles. The van der Waals surface area contributed by atoms with Crippen molar-refractivity contribution in [3.63, 3.8) is 0 Å². The SMILES string of the molecule is COc1ccc(Cl)cc1CNC(C)C(C)(C)C. The molecule has 2 nitrogen and oxygen atoms in total. The maximum Gasteiger partial charge on any atom is 0.123 e. The molecule has 1 rings (SSSR count). The summed E-state index contributed by atoms with van der Waals surface area (Å²) in [6, 6.07) is 6.12. The molecular formula is C14H22ClNO. The molecule has 1 aromatic rings. The minimum Gasteiger partial charge on any atom is -0.496 e. The van der Waals surface area contributed by atoms with Crippen molar-refractivity contribution < 1.29 is 4.74 Å². The topological polar surface area (TPSA) is 21.3 Å². The van der Waals surface area contributed by atoms with Crippen molar-refractivity contribution >= 4 is 11.6 Å². The van der Waals surface area contributed by atoms with Crippen molar-refractivity contribution in [2.45, 2.75) is 40.3 Å². The standard InChI is InChI=1S/C14H22ClNO/c1-10(14(2,3)4)16-9-11-8-12(15)6-7-13(11)17-5/h6-8,10,16H,9H2,1-5H3. The van der Waals surface area contributed by atoms with Gasteiger partial charge < -0.3 is 10.1 Å². The minimum absolute atomic E-state index is 0.242. The Bertz CT molecular complexity index is 371. The molecule has 0 aliphatic rings. The van der Waals surface area contributed by atoms with E-state index in [2.05, 4.69) is 33.0 Å². The van der Waals surface area contributed by atoms with E-state index in [0.717, 1.165) is 22.9 Å². The van der Waals surface area contributed by atoms with Crippen molar-refractivity contribution in [1.29, 1.82) is 0 Å². The van der Waals surface area contributed by atoms with Crippen molar-refractivity contribution in [3.8, 4) is 5.75 Å². The Balaban J connectivity index is 2.72. The van der Waals surface area contributed by atoms with Gasteiger partial charge in [0.15, 0.2) is 0 Å². The highest BCUT2D eigenvalue weighted by atomic mass is 35.5. The highest BCUT2D eigenvalue weighted by Gasteiger charge is 2.19. The van der Waals surface area contributed by atoms with Crippen LogP contribution in [0, 0.1) is 5.41 Å². The number of hydrogen-bond acceptors (Lipinski definition) is 2.